The van der Waals surface area contributed by atoms with Gasteiger partial charge in [-0.2, -0.15) is 10.2 Å². The van der Waals surface area contributed by atoms with Crippen LogP contribution in [0.2, 0.25) is 0 Å². The number of carbonyl (C=O) groups excluding carboxylic acids is 1. The Labute approximate surface area is 178 Å². The number of phenolic OH excluding ortho intramolecular Hbond substituents is 2. The largest absolute Gasteiger partial charge is 0.500 e. The van der Waals surface area contributed by atoms with Gasteiger partial charge in [0.2, 0.25) is 11.5 Å². The number of nitro groups is 2. The number of ether oxygens (including phenoxy) is 2. The average Bonchev–Trinajstić information content (AvgIpc) is 2.75. The zero-order chi connectivity index (χ0) is 23.8. The molecule has 0 radical (unpaired) electrons. The standard InChI is InChI=1S/C17H16N6O9/c1-31-13-5-9(3-11(15(13)24)22(27)28)7-18-20-17(26)21-19-8-10-4-12(23(29)30)16(25)14(6-10)32-2/h3-8,24-25H,1-2H3,(H2,20,21,26)/b18-7-,19-8+. The van der Waals surface area contributed by atoms with Crippen molar-refractivity contribution in [2.75, 3.05) is 14.2 Å². The second-order valence-corrected chi connectivity index (χ2v) is 5.77. The first kappa shape index (κ1) is 23.3. The summed E-state index contributed by atoms with van der Waals surface area (Å²) in [7, 11) is 2.42. The molecule has 32 heavy (non-hydrogen) atoms. The van der Waals surface area contributed by atoms with E-state index in [-0.39, 0.29) is 22.6 Å². The van der Waals surface area contributed by atoms with Crippen LogP contribution in [0.4, 0.5) is 16.2 Å². The molecule has 0 atom stereocenters. The molecule has 4 N–H and O–H groups in total. The summed E-state index contributed by atoms with van der Waals surface area (Å²) >= 11 is 0. The first-order chi connectivity index (χ1) is 15.2. The fourth-order valence-electron chi connectivity index (χ4n) is 2.32. The number of nitrogens with zero attached hydrogens (tertiary/aromatic N) is 4. The van der Waals surface area contributed by atoms with Gasteiger partial charge in [0.1, 0.15) is 0 Å². The van der Waals surface area contributed by atoms with Crippen LogP contribution in [0.25, 0.3) is 0 Å². The molecule has 0 fully saturated rings. The first-order valence-corrected chi connectivity index (χ1v) is 8.40. The minimum atomic E-state index is -0.905. The zero-order valence-electron chi connectivity index (χ0n) is 16.5. The van der Waals surface area contributed by atoms with E-state index in [4.69, 9.17) is 9.47 Å². The van der Waals surface area contributed by atoms with E-state index in [0.717, 1.165) is 24.6 Å². The van der Waals surface area contributed by atoms with Crippen LogP contribution in [0.3, 0.4) is 0 Å². The molecule has 0 saturated carbocycles. The lowest BCUT2D eigenvalue weighted by molar-refractivity contribution is -0.386. The number of carbonyl (C=O) groups is 1. The third-order valence-corrected chi connectivity index (χ3v) is 3.75. The summed E-state index contributed by atoms with van der Waals surface area (Å²) in [5.41, 5.74) is 3.16. The number of amides is 2. The molecule has 0 aromatic heterocycles. The van der Waals surface area contributed by atoms with E-state index in [0.29, 0.717) is 0 Å². The quantitative estimate of drug-likeness (QED) is 0.262. The Morgan fingerprint density at radius 2 is 1.25 bits per heavy atom. The lowest BCUT2D eigenvalue weighted by atomic mass is 10.2. The van der Waals surface area contributed by atoms with Crippen molar-refractivity contribution in [3.05, 3.63) is 55.6 Å². The van der Waals surface area contributed by atoms with Crippen LogP contribution < -0.4 is 20.3 Å². The number of urea groups is 1. The molecule has 0 aliphatic carbocycles. The van der Waals surface area contributed by atoms with Gasteiger partial charge in [-0.3, -0.25) is 20.2 Å². The molecular formula is C17H16N6O9. The molecule has 168 valence electrons. The SMILES string of the molecule is COc1cc(/C=N\NC(=O)N/N=C/c2cc(OC)c(O)c([N+](=O)[O-])c2)cc([N+](=O)[O-])c1O. The van der Waals surface area contributed by atoms with Gasteiger partial charge in [0, 0.05) is 23.3 Å². The summed E-state index contributed by atoms with van der Waals surface area (Å²) in [5, 5.41) is 48.5. The number of aromatic hydroxyl groups is 2. The van der Waals surface area contributed by atoms with Crippen LogP contribution in [0.1, 0.15) is 11.1 Å². The van der Waals surface area contributed by atoms with Crippen molar-refractivity contribution in [2.45, 2.75) is 0 Å². The van der Waals surface area contributed by atoms with Gasteiger partial charge in [-0.15, -0.1) is 0 Å². The molecule has 15 heteroatoms. The number of benzene rings is 2. The van der Waals surface area contributed by atoms with Crippen molar-refractivity contribution >= 4 is 29.8 Å². The van der Waals surface area contributed by atoms with Gasteiger partial charge in [0.25, 0.3) is 0 Å². The van der Waals surface area contributed by atoms with E-state index >= 15 is 0 Å². The van der Waals surface area contributed by atoms with E-state index in [1.165, 1.54) is 26.4 Å². The molecule has 0 aliphatic heterocycles. The van der Waals surface area contributed by atoms with Crippen molar-refractivity contribution in [2.24, 2.45) is 10.2 Å². The highest BCUT2D eigenvalue weighted by molar-refractivity contribution is 5.86. The Hall–Kier alpha value is -4.95. The summed E-state index contributed by atoms with van der Waals surface area (Å²) in [6, 6.07) is 3.65. The van der Waals surface area contributed by atoms with E-state index in [9.17, 15) is 35.2 Å². The Morgan fingerprint density at radius 1 is 0.875 bits per heavy atom. The topological polar surface area (TPSA) is 211 Å². The van der Waals surface area contributed by atoms with Gasteiger partial charge < -0.3 is 19.7 Å². The number of nitrogens with one attached hydrogen (secondary N) is 2. The van der Waals surface area contributed by atoms with Crippen molar-refractivity contribution in [1.29, 1.82) is 0 Å². The molecule has 2 amide bonds. The van der Waals surface area contributed by atoms with Crippen LogP contribution >= 0.6 is 0 Å². The minimum Gasteiger partial charge on any atom is -0.500 e. The monoisotopic (exact) mass is 448 g/mol. The summed E-state index contributed by atoms with van der Waals surface area (Å²) < 4.78 is 9.69. The van der Waals surface area contributed by atoms with Crippen molar-refractivity contribution in [1.82, 2.24) is 10.9 Å². The van der Waals surface area contributed by atoms with Crippen LogP contribution in [0.15, 0.2) is 34.5 Å². The molecule has 2 rings (SSSR count). The third-order valence-electron chi connectivity index (χ3n) is 3.75. The predicted molar refractivity (Wildman–Crippen MR) is 109 cm³/mol. The number of hydrogen-bond acceptors (Lipinski definition) is 11. The molecule has 2 aromatic carbocycles. The highest BCUT2D eigenvalue weighted by Gasteiger charge is 2.20. The Balaban J connectivity index is 2.05. The highest BCUT2D eigenvalue weighted by atomic mass is 16.6. The summed E-state index contributed by atoms with van der Waals surface area (Å²) in [6.07, 6.45) is 2.12. The van der Waals surface area contributed by atoms with Crippen LogP contribution in [-0.2, 0) is 0 Å². The fraction of sp³-hybridized carbons (Fsp3) is 0.118. The number of hydrazone groups is 2. The normalized spacial score (nSPS) is 10.8. The Kier molecular flexibility index (Phi) is 7.43. The number of nitro benzene ring substituents is 2. The number of methoxy groups -OCH3 is 2. The number of phenols is 2. The molecule has 0 bridgehead atoms. The summed E-state index contributed by atoms with van der Waals surface area (Å²) in [4.78, 5) is 32.0. The van der Waals surface area contributed by atoms with Crippen molar-refractivity contribution in [3.8, 4) is 23.0 Å². The molecule has 2 aromatic rings. The lowest BCUT2D eigenvalue weighted by Gasteiger charge is -2.05. The number of hydrogen-bond donors (Lipinski definition) is 4. The predicted octanol–water partition coefficient (Wildman–Crippen LogP) is 1.60. The lowest BCUT2D eigenvalue weighted by Crippen LogP contribution is -2.28. The second kappa shape index (κ2) is 10.2. The summed E-state index contributed by atoms with van der Waals surface area (Å²) in [6.45, 7) is 0. The van der Waals surface area contributed by atoms with Crippen LogP contribution in [0.5, 0.6) is 23.0 Å². The second-order valence-electron chi connectivity index (χ2n) is 5.77. The summed E-state index contributed by atoms with van der Waals surface area (Å²) in [5.74, 6) is -1.62. The maximum absolute atomic E-state index is 11.7. The minimum absolute atomic E-state index is 0.152. The zero-order valence-corrected chi connectivity index (χ0v) is 16.5. The number of rotatable bonds is 8. The van der Waals surface area contributed by atoms with Crippen molar-refractivity contribution in [3.63, 3.8) is 0 Å². The molecule has 15 nitrogen and oxygen atoms in total. The fourth-order valence-corrected chi connectivity index (χ4v) is 2.32. The molecule has 0 saturated heterocycles. The van der Waals surface area contributed by atoms with E-state index in [1.807, 2.05) is 10.9 Å². The Morgan fingerprint density at radius 3 is 1.56 bits per heavy atom. The first-order valence-electron chi connectivity index (χ1n) is 8.40. The Bertz CT molecular complexity index is 1030. The van der Waals surface area contributed by atoms with Gasteiger partial charge in [-0.25, -0.2) is 15.6 Å². The van der Waals surface area contributed by atoms with E-state index in [1.54, 1.807) is 0 Å². The molecule has 0 heterocycles. The van der Waals surface area contributed by atoms with E-state index < -0.39 is 38.8 Å². The highest BCUT2D eigenvalue weighted by Crippen LogP contribution is 2.37. The molecular weight excluding hydrogens is 432 g/mol. The molecule has 0 unspecified atom stereocenters. The van der Waals surface area contributed by atoms with Gasteiger partial charge in [0.05, 0.1) is 36.5 Å². The smallest absolute Gasteiger partial charge is 0.355 e. The average molecular weight is 448 g/mol. The van der Waals surface area contributed by atoms with Crippen LogP contribution in [0, 0.1) is 20.2 Å². The molecule has 0 aliphatic rings. The van der Waals surface area contributed by atoms with Crippen LogP contribution in [-0.4, -0.2) is 52.7 Å². The van der Waals surface area contributed by atoms with Gasteiger partial charge in [-0.1, -0.05) is 0 Å². The molecule has 0 spiro atoms. The third kappa shape index (κ3) is 5.56. The van der Waals surface area contributed by atoms with Gasteiger partial charge >= 0.3 is 17.4 Å². The van der Waals surface area contributed by atoms with E-state index in [2.05, 4.69) is 10.2 Å². The van der Waals surface area contributed by atoms with Gasteiger partial charge in [0.15, 0.2) is 11.5 Å². The van der Waals surface area contributed by atoms with Gasteiger partial charge in [-0.05, 0) is 12.1 Å². The maximum atomic E-state index is 11.7. The van der Waals surface area contributed by atoms with Crippen molar-refractivity contribution < 1.29 is 34.3 Å². The maximum Gasteiger partial charge on any atom is 0.355 e.